The van der Waals surface area contributed by atoms with Gasteiger partial charge in [-0.3, -0.25) is 9.69 Å². The fourth-order valence-corrected chi connectivity index (χ4v) is 7.33. The molecular formula is C21H31N3O5S2. The van der Waals surface area contributed by atoms with Gasteiger partial charge in [-0.2, -0.15) is 4.31 Å². The van der Waals surface area contributed by atoms with Crippen LogP contribution in [0.25, 0.3) is 6.08 Å². The third-order valence-corrected chi connectivity index (χ3v) is 9.81. The van der Waals surface area contributed by atoms with Crippen LogP contribution < -0.4 is 0 Å². The highest BCUT2D eigenvalue weighted by molar-refractivity contribution is 7.91. The Morgan fingerprint density at radius 3 is 2.23 bits per heavy atom. The summed E-state index contributed by atoms with van der Waals surface area (Å²) in [5.74, 6) is 0.383. The molecule has 3 rings (SSSR count). The van der Waals surface area contributed by atoms with Gasteiger partial charge < -0.3 is 4.90 Å². The summed E-state index contributed by atoms with van der Waals surface area (Å²) in [4.78, 5) is 16.7. The summed E-state index contributed by atoms with van der Waals surface area (Å²) in [5, 5.41) is 0. The Balaban J connectivity index is 1.55. The summed E-state index contributed by atoms with van der Waals surface area (Å²) in [6.45, 7) is 6.94. The summed E-state index contributed by atoms with van der Waals surface area (Å²) in [6.07, 6.45) is 3.87. The first-order valence-electron chi connectivity index (χ1n) is 10.7. The number of hydrogen-bond acceptors (Lipinski definition) is 6. The molecule has 1 amide bonds. The fraction of sp³-hybridized carbons (Fsp3) is 0.571. The van der Waals surface area contributed by atoms with Crippen LogP contribution in [0, 0.1) is 0 Å². The molecule has 0 spiro atoms. The molecule has 2 aliphatic rings. The number of carbonyl (C=O) groups excluding carboxylic acids is 1. The Morgan fingerprint density at radius 1 is 1.10 bits per heavy atom. The maximum absolute atomic E-state index is 12.5. The minimum Gasteiger partial charge on any atom is -0.337 e. The predicted molar refractivity (Wildman–Crippen MR) is 121 cm³/mol. The van der Waals surface area contributed by atoms with Gasteiger partial charge >= 0.3 is 0 Å². The van der Waals surface area contributed by atoms with Gasteiger partial charge in [0.2, 0.25) is 15.9 Å². The van der Waals surface area contributed by atoms with E-state index >= 15 is 0 Å². The van der Waals surface area contributed by atoms with E-state index in [0.29, 0.717) is 45.7 Å². The second kappa shape index (κ2) is 9.81. The molecule has 2 fully saturated rings. The van der Waals surface area contributed by atoms with Crippen LogP contribution >= 0.6 is 0 Å². The second-order valence-electron chi connectivity index (χ2n) is 7.91. The van der Waals surface area contributed by atoms with Crippen molar-refractivity contribution in [2.45, 2.75) is 31.2 Å². The van der Waals surface area contributed by atoms with Crippen molar-refractivity contribution in [1.82, 2.24) is 14.1 Å². The van der Waals surface area contributed by atoms with Gasteiger partial charge in [-0.25, -0.2) is 16.8 Å². The monoisotopic (exact) mass is 469 g/mol. The van der Waals surface area contributed by atoms with E-state index in [1.807, 2.05) is 0 Å². The number of sulfone groups is 1. The number of amides is 1. The van der Waals surface area contributed by atoms with Crippen LogP contribution in [0.5, 0.6) is 0 Å². The van der Waals surface area contributed by atoms with Crippen molar-refractivity contribution in [3.8, 4) is 0 Å². The zero-order valence-electron chi connectivity index (χ0n) is 18.1. The molecule has 0 aliphatic carbocycles. The Morgan fingerprint density at radius 2 is 1.71 bits per heavy atom. The van der Waals surface area contributed by atoms with Crippen LogP contribution in [0.15, 0.2) is 35.2 Å². The van der Waals surface area contributed by atoms with Gasteiger partial charge in [0.25, 0.3) is 0 Å². The van der Waals surface area contributed by atoms with Crippen molar-refractivity contribution < 1.29 is 21.6 Å². The lowest BCUT2D eigenvalue weighted by Crippen LogP contribution is -2.52. The molecule has 10 heteroatoms. The van der Waals surface area contributed by atoms with Crippen molar-refractivity contribution in [1.29, 1.82) is 0 Å². The van der Waals surface area contributed by atoms with Crippen molar-refractivity contribution in [3.63, 3.8) is 0 Å². The SMILES string of the molecule is CCN(CC)S(=O)(=O)c1ccc(/C=C/C(=O)N2CCN(C3CCS(=O)(=O)C3)CC2)cc1. The first kappa shape index (κ1) is 23.9. The first-order chi connectivity index (χ1) is 14.7. The van der Waals surface area contributed by atoms with Crippen molar-refractivity contribution in [3.05, 3.63) is 35.9 Å². The molecule has 2 heterocycles. The molecule has 172 valence electrons. The lowest BCUT2D eigenvalue weighted by molar-refractivity contribution is -0.127. The number of nitrogens with zero attached hydrogens (tertiary/aromatic N) is 3. The summed E-state index contributed by atoms with van der Waals surface area (Å²) >= 11 is 0. The van der Waals surface area contributed by atoms with Crippen LogP contribution in [0.3, 0.4) is 0 Å². The molecule has 8 nitrogen and oxygen atoms in total. The number of hydrogen-bond donors (Lipinski definition) is 0. The zero-order chi connectivity index (χ0) is 22.6. The van der Waals surface area contributed by atoms with E-state index in [1.54, 1.807) is 49.1 Å². The molecule has 1 atom stereocenters. The molecule has 0 radical (unpaired) electrons. The van der Waals surface area contributed by atoms with E-state index in [1.165, 1.54) is 10.4 Å². The Labute approximate surface area is 185 Å². The maximum atomic E-state index is 12.5. The topological polar surface area (TPSA) is 95.1 Å². The normalized spacial score (nSPS) is 22.4. The Hall–Kier alpha value is -1.75. The highest BCUT2D eigenvalue weighted by atomic mass is 32.2. The standard InChI is InChI=1S/C21H31N3O5S2/c1-3-24(4-2)31(28,29)20-8-5-18(6-9-20)7-10-21(25)23-14-12-22(13-15-23)19-11-16-30(26,27)17-19/h5-10,19H,3-4,11-17H2,1-2H3/b10-7+. The van der Waals surface area contributed by atoms with E-state index in [2.05, 4.69) is 4.90 Å². The molecule has 1 aromatic carbocycles. The minimum atomic E-state index is -3.49. The molecule has 0 bridgehead atoms. The van der Waals surface area contributed by atoms with Crippen LogP contribution in [0.1, 0.15) is 25.8 Å². The molecule has 0 aromatic heterocycles. The van der Waals surface area contributed by atoms with Crippen molar-refractivity contribution in [2.75, 3.05) is 50.8 Å². The van der Waals surface area contributed by atoms with Crippen molar-refractivity contribution in [2.24, 2.45) is 0 Å². The van der Waals surface area contributed by atoms with E-state index in [9.17, 15) is 21.6 Å². The smallest absolute Gasteiger partial charge is 0.246 e. The van der Waals surface area contributed by atoms with Crippen molar-refractivity contribution >= 4 is 31.8 Å². The number of sulfonamides is 1. The fourth-order valence-electron chi connectivity index (χ4n) is 4.11. The predicted octanol–water partition coefficient (Wildman–Crippen LogP) is 1.06. The second-order valence-corrected chi connectivity index (χ2v) is 12.1. The van der Waals surface area contributed by atoms with Gasteiger partial charge in [0, 0.05) is 51.4 Å². The Bertz CT molecular complexity index is 1010. The zero-order valence-corrected chi connectivity index (χ0v) is 19.7. The molecule has 2 saturated heterocycles. The van der Waals surface area contributed by atoms with Gasteiger partial charge in [0.05, 0.1) is 16.4 Å². The molecule has 0 N–H and O–H groups in total. The highest BCUT2D eigenvalue weighted by Gasteiger charge is 2.34. The Kier molecular flexibility index (Phi) is 7.56. The number of carbonyl (C=O) groups is 1. The van der Waals surface area contributed by atoms with Crippen LogP contribution in [0.2, 0.25) is 0 Å². The van der Waals surface area contributed by atoms with Gasteiger partial charge in [-0.05, 0) is 30.2 Å². The third-order valence-electron chi connectivity index (χ3n) is 5.99. The summed E-state index contributed by atoms with van der Waals surface area (Å²) in [7, 11) is -6.40. The van der Waals surface area contributed by atoms with E-state index < -0.39 is 19.9 Å². The summed E-state index contributed by atoms with van der Waals surface area (Å²) in [6, 6.07) is 6.58. The number of rotatable bonds is 7. The largest absolute Gasteiger partial charge is 0.337 e. The average Bonchev–Trinajstić information content (AvgIpc) is 3.13. The lowest BCUT2D eigenvalue weighted by Gasteiger charge is -2.37. The van der Waals surface area contributed by atoms with Gasteiger partial charge in [-0.1, -0.05) is 26.0 Å². The highest BCUT2D eigenvalue weighted by Crippen LogP contribution is 2.20. The van der Waals surface area contributed by atoms with Gasteiger partial charge in [0.15, 0.2) is 9.84 Å². The van der Waals surface area contributed by atoms with E-state index in [0.717, 1.165) is 5.56 Å². The number of benzene rings is 1. The molecule has 1 unspecified atom stereocenters. The van der Waals surface area contributed by atoms with E-state index in [4.69, 9.17) is 0 Å². The third kappa shape index (κ3) is 5.74. The maximum Gasteiger partial charge on any atom is 0.246 e. The summed E-state index contributed by atoms with van der Waals surface area (Å²) < 4.78 is 49.9. The molecular weight excluding hydrogens is 438 g/mol. The average molecular weight is 470 g/mol. The first-order valence-corrected chi connectivity index (χ1v) is 13.9. The molecule has 2 aliphatic heterocycles. The van der Waals surface area contributed by atoms with Gasteiger partial charge in [-0.15, -0.1) is 0 Å². The van der Waals surface area contributed by atoms with E-state index in [-0.39, 0.29) is 28.4 Å². The summed E-state index contributed by atoms with van der Waals surface area (Å²) in [5.41, 5.74) is 0.752. The minimum absolute atomic E-state index is 0.0731. The quantitative estimate of drug-likeness (QED) is 0.554. The molecule has 31 heavy (non-hydrogen) atoms. The lowest BCUT2D eigenvalue weighted by atomic mass is 10.2. The van der Waals surface area contributed by atoms with Crippen LogP contribution in [0.4, 0.5) is 0 Å². The number of piperazine rings is 1. The molecule has 0 saturated carbocycles. The van der Waals surface area contributed by atoms with Crippen LogP contribution in [-0.4, -0.2) is 93.7 Å². The van der Waals surface area contributed by atoms with Crippen LogP contribution in [-0.2, 0) is 24.7 Å². The molecule has 1 aromatic rings. The van der Waals surface area contributed by atoms with Gasteiger partial charge in [0.1, 0.15) is 0 Å².